The molecule has 0 spiro atoms. The van der Waals surface area contributed by atoms with Crippen molar-refractivity contribution < 1.29 is 17.9 Å². The topological polar surface area (TPSA) is 87.5 Å². The molecule has 2 fully saturated rings. The summed E-state index contributed by atoms with van der Waals surface area (Å²) in [6.45, 7) is 0.963. The minimum absolute atomic E-state index is 0.0243. The van der Waals surface area contributed by atoms with Crippen LogP contribution in [0.5, 0.6) is 5.75 Å². The van der Waals surface area contributed by atoms with Gasteiger partial charge in [-0.05, 0) is 30.7 Å². The maximum atomic E-state index is 12.2. The molecule has 1 aromatic rings. The summed E-state index contributed by atoms with van der Waals surface area (Å²) in [5.41, 5.74) is 0.570. The molecule has 1 amide bonds. The third-order valence-electron chi connectivity index (χ3n) is 4.03. The van der Waals surface area contributed by atoms with Gasteiger partial charge in [-0.1, -0.05) is 0 Å². The highest BCUT2D eigenvalue weighted by Gasteiger charge is 2.40. The number of ether oxygens (including phenoxy) is 1. The zero-order valence-corrected chi connectivity index (χ0v) is 12.8. The normalized spacial score (nSPS) is 23.6. The lowest BCUT2D eigenvalue weighted by Gasteiger charge is -2.40. The molecule has 0 radical (unpaired) electrons. The first kappa shape index (κ1) is 14.9. The Labute approximate surface area is 129 Å². The highest BCUT2D eigenvalue weighted by molar-refractivity contribution is 7.91. The van der Waals surface area contributed by atoms with E-state index >= 15 is 0 Å². The van der Waals surface area contributed by atoms with E-state index < -0.39 is 9.84 Å². The van der Waals surface area contributed by atoms with E-state index in [1.807, 2.05) is 6.07 Å². The molecule has 0 bridgehead atoms. The molecule has 7 heteroatoms. The third kappa shape index (κ3) is 3.07. The number of nitriles is 1. The second-order valence-corrected chi connectivity index (χ2v) is 7.95. The van der Waals surface area contributed by atoms with E-state index in [1.165, 1.54) is 0 Å². The summed E-state index contributed by atoms with van der Waals surface area (Å²) in [5.74, 6) is 0.285. The Morgan fingerprint density at radius 3 is 2.50 bits per heavy atom. The number of amides is 1. The first-order chi connectivity index (χ1) is 10.5. The largest absolute Gasteiger partial charge is 0.487 e. The van der Waals surface area contributed by atoms with Crippen molar-refractivity contribution in [1.29, 1.82) is 5.26 Å². The van der Waals surface area contributed by atoms with Gasteiger partial charge < -0.3 is 9.64 Å². The quantitative estimate of drug-likeness (QED) is 0.813. The van der Waals surface area contributed by atoms with Crippen molar-refractivity contribution in [3.8, 4) is 11.8 Å². The van der Waals surface area contributed by atoms with Gasteiger partial charge in [0.1, 0.15) is 11.9 Å². The van der Waals surface area contributed by atoms with E-state index in [2.05, 4.69) is 0 Å². The number of nitrogens with zero attached hydrogens (tertiary/aromatic N) is 2. The van der Waals surface area contributed by atoms with E-state index in [0.29, 0.717) is 30.8 Å². The summed E-state index contributed by atoms with van der Waals surface area (Å²) in [6.07, 6.45) is 0.355. The molecule has 1 aromatic carbocycles. The summed E-state index contributed by atoms with van der Waals surface area (Å²) < 4.78 is 28.5. The average Bonchev–Trinajstić information content (AvgIpc) is 2.82. The van der Waals surface area contributed by atoms with Crippen molar-refractivity contribution in [3.05, 3.63) is 29.8 Å². The second kappa shape index (κ2) is 5.61. The third-order valence-corrected chi connectivity index (χ3v) is 5.80. The standard InChI is InChI=1S/C15H16N2O4S/c16-7-11-1-3-13(4-2-11)21-14-8-17(9-14)15(18)12-5-6-22(19,20)10-12/h1-4,12,14H,5-6,8-10H2. The number of hydrogen-bond donors (Lipinski definition) is 0. The minimum Gasteiger partial charge on any atom is -0.487 e. The Balaban J connectivity index is 1.49. The number of rotatable bonds is 3. The Morgan fingerprint density at radius 2 is 1.95 bits per heavy atom. The predicted octanol–water partition coefficient (Wildman–Crippen LogP) is 0.583. The fourth-order valence-electron chi connectivity index (χ4n) is 2.74. The van der Waals surface area contributed by atoms with Crippen LogP contribution in [0, 0.1) is 17.2 Å². The molecular formula is C15H16N2O4S. The molecule has 3 rings (SSSR count). The number of carbonyl (C=O) groups is 1. The summed E-state index contributed by atoms with van der Waals surface area (Å²) in [6, 6.07) is 8.86. The van der Waals surface area contributed by atoms with Crippen LogP contribution >= 0.6 is 0 Å². The summed E-state index contributed by atoms with van der Waals surface area (Å²) >= 11 is 0. The molecule has 1 unspecified atom stereocenters. The van der Waals surface area contributed by atoms with Crippen molar-refractivity contribution >= 4 is 15.7 Å². The van der Waals surface area contributed by atoms with Crippen molar-refractivity contribution in [3.63, 3.8) is 0 Å². The Kier molecular flexibility index (Phi) is 3.79. The molecule has 6 nitrogen and oxygen atoms in total. The fourth-order valence-corrected chi connectivity index (χ4v) is 4.47. The van der Waals surface area contributed by atoms with Gasteiger partial charge in [0.2, 0.25) is 5.91 Å². The molecule has 0 N–H and O–H groups in total. The Morgan fingerprint density at radius 1 is 1.27 bits per heavy atom. The molecule has 2 saturated heterocycles. The van der Waals surface area contributed by atoms with Gasteiger partial charge in [-0.3, -0.25) is 4.79 Å². The summed E-state index contributed by atoms with van der Waals surface area (Å²) in [7, 11) is -3.03. The van der Waals surface area contributed by atoms with E-state index in [4.69, 9.17) is 10.00 Å². The van der Waals surface area contributed by atoms with Gasteiger partial charge in [0, 0.05) is 0 Å². The average molecular weight is 320 g/mol. The van der Waals surface area contributed by atoms with Crippen LogP contribution in [0.3, 0.4) is 0 Å². The van der Waals surface area contributed by atoms with Gasteiger partial charge in [0.25, 0.3) is 0 Å². The summed E-state index contributed by atoms with van der Waals surface area (Å²) in [5, 5.41) is 8.73. The van der Waals surface area contributed by atoms with Gasteiger partial charge >= 0.3 is 0 Å². The molecule has 2 heterocycles. The van der Waals surface area contributed by atoms with Crippen molar-refractivity contribution in [2.24, 2.45) is 5.92 Å². The predicted molar refractivity (Wildman–Crippen MR) is 78.9 cm³/mol. The molecule has 116 valence electrons. The fraction of sp³-hybridized carbons (Fsp3) is 0.467. The van der Waals surface area contributed by atoms with E-state index in [-0.39, 0.29) is 29.4 Å². The molecule has 1 atom stereocenters. The van der Waals surface area contributed by atoms with Gasteiger partial charge in [-0.15, -0.1) is 0 Å². The molecule has 2 aliphatic heterocycles. The van der Waals surface area contributed by atoms with Gasteiger partial charge in [0.05, 0.1) is 42.1 Å². The van der Waals surface area contributed by atoms with E-state index in [9.17, 15) is 13.2 Å². The lowest BCUT2D eigenvalue weighted by Crippen LogP contribution is -2.57. The number of likely N-dealkylation sites (tertiary alicyclic amines) is 1. The van der Waals surface area contributed by atoms with Crippen molar-refractivity contribution in [2.45, 2.75) is 12.5 Å². The summed E-state index contributed by atoms with van der Waals surface area (Å²) in [4.78, 5) is 13.8. The first-order valence-corrected chi connectivity index (χ1v) is 8.95. The lowest BCUT2D eigenvalue weighted by molar-refractivity contribution is -0.143. The monoisotopic (exact) mass is 320 g/mol. The van der Waals surface area contributed by atoms with Crippen LogP contribution in [0.4, 0.5) is 0 Å². The smallest absolute Gasteiger partial charge is 0.227 e. The van der Waals surface area contributed by atoms with Gasteiger partial charge in [-0.2, -0.15) is 5.26 Å². The number of sulfone groups is 1. The number of carbonyl (C=O) groups excluding carboxylic acids is 1. The van der Waals surface area contributed by atoms with Crippen molar-refractivity contribution in [1.82, 2.24) is 4.90 Å². The van der Waals surface area contributed by atoms with Crippen LogP contribution in [-0.4, -0.2) is 49.9 Å². The van der Waals surface area contributed by atoms with Crippen LogP contribution in [0.2, 0.25) is 0 Å². The Bertz CT molecular complexity index is 715. The molecule has 0 saturated carbocycles. The lowest BCUT2D eigenvalue weighted by atomic mass is 10.0. The second-order valence-electron chi connectivity index (χ2n) is 5.72. The molecule has 0 aliphatic carbocycles. The van der Waals surface area contributed by atoms with Gasteiger partial charge in [-0.25, -0.2) is 8.42 Å². The van der Waals surface area contributed by atoms with E-state index in [0.717, 1.165) is 0 Å². The molecule has 2 aliphatic rings. The minimum atomic E-state index is -3.03. The zero-order chi connectivity index (χ0) is 15.7. The van der Waals surface area contributed by atoms with E-state index in [1.54, 1.807) is 29.2 Å². The van der Waals surface area contributed by atoms with Crippen LogP contribution in [0.25, 0.3) is 0 Å². The highest BCUT2D eigenvalue weighted by atomic mass is 32.2. The van der Waals surface area contributed by atoms with Crippen molar-refractivity contribution in [2.75, 3.05) is 24.6 Å². The van der Waals surface area contributed by atoms with Gasteiger partial charge in [0.15, 0.2) is 9.84 Å². The Hall–Kier alpha value is -2.07. The zero-order valence-electron chi connectivity index (χ0n) is 11.9. The van der Waals surface area contributed by atoms with Crippen LogP contribution in [0.1, 0.15) is 12.0 Å². The molecule has 0 aromatic heterocycles. The highest BCUT2D eigenvalue weighted by Crippen LogP contribution is 2.25. The van der Waals surface area contributed by atoms with Crippen LogP contribution < -0.4 is 4.74 Å². The van der Waals surface area contributed by atoms with Crippen LogP contribution in [0.15, 0.2) is 24.3 Å². The maximum Gasteiger partial charge on any atom is 0.227 e. The molecular weight excluding hydrogens is 304 g/mol. The maximum absolute atomic E-state index is 12.2. The number of hydrogen-bond acceptors (Lipinski definition) is 5. The SMILES string of the molecule is N#Cc1ccc(OC2CN(C(=O)C3CCS(=O)(=O)C3)C2)cc1. The van der Waals surface area contributed by atoms with Crippen LogP contribution in [-0.2, 0) is 14.6 Å². The number of benzene rings is 1. The first-order valence-electron chi connectivity index (χ1n) is 7.13. The molecule has 22 heavy (non-hydrogen) atoms.